The number of ether oxygens (including phenoxy) is 2. The van der Waals surface area contributed by atoms with Gasteiger partial charge in [0, 0.05) is 6.61 Å². The van der Waals surface area contributed by atoms with Crippen LogP contribution in [0, 0.1) is 5.92 Å². The minimum atomic E-state index is -2.87. The van der Waals surface area contributed by atoms with Gasteiger partial charge >= 0.3 is 6.61 Å². The van der Waals surface area contributed by atoms with Crippen LogP contribution in [0.2, 0.25) is 0 Å². The lowest BCUT2D eigenvalue weighted by Gasteiger charge is -2.15. The molecule has 1 atom stereocenters. The number of rotatable bonds is 9. The third-order valence-electron chi connectivity index (χ3n) is 3.99. The average Bonchev–Trinajstić information content (AvgIpc) is 3.31. The first-order valence-electron chi connectivity index (χ1n) is 8.93. The summed E-state index contributed by atoms with van der Waals surface area (Å²) in [5, 5.41) is 11.0. The zero-order valence-electron chi connectivity index (χ0n) is 15.8. The van der Waals surface area contributed by atoms with E-state index < -0.39 is 6.61 Å². The molecule has 3 rings (SSSR count). The minimum Gasteiger partial charge on any atom is -0.435 e. The molecule has 0 aliphatic carbocycles. The van der Waals surface area contributed by atoms with Gasteiger partial charge in [0.25, 0.3) is 0 Å². The molecule has 0 aliphatic heterocycles. The van der Waals surface area contributed by atoms with Crippen LogP contribution in [0.15, 0.2) is 30.6 Å². The molecule has 3 aromatic rings. The van der Waals surface area contributed by atoms with Crippen LogP contribution in [0.1, 0.15) is 39.1 Å². The lowest BCUT2D eigenvalue weighted by Crippen LogP contribution is -2.11. The fraction of sp³-hybridized carbons (Fsp3) is 0.444. The Balaban J connectivity index is 1.89. The van der Waals surface area contributed by atoms with Crippen molar-refractivity contribution in [2.75, 3.05) is 6.61 Å². The van der Waals surface area contributed by atoms with Gasteiger partial charge in [0.15, 0.2) is 11.6 Å². The summed E-state index contributed by atoms with van der Waals surface area (Å²) < 4.78 is 36.6. The number of nitrogens with zero attached hydrogens (tertiary/aromatic N) is 5. The summed E-state index contributed by atoms with van der Waals surface area (Å²) in [4.78, 5) is 8.62. The Labute approximate surface area is 160 Å². The molecule has 1 unspecified atom stereocenters. The van der Waals surface area contributed by atoms with E-state index in [0.717, 1.165) is 6.42 Å². The van der Waals surface area contributed by atoms with Crippen LogP contribution >= 0.6 is 0 Å². The number of nitrogens with one attached hydrogen (secondary N) is 1. The van der Waals surface area contributed by atoms with Crippen molar-refractivity contribution in [3.05, 3.63) is 36.4 Å². The van der Waals surface area contributed by atoms with E-state index in [1.54, 1.807) is 16.8 Å². The summed E-state index contributed by atoms with van der Waals surface area (Å²) in [7, 11) is 0. The van der Waals surface area contributed by atoms with Gasteiger partial charge in [-0.15, -0.1) is 5.10 Å². The molecule has 1 aromatic carbocycles. The van der Waals surface area contributed by atoms with Crippen LogP contribution in [-0.2, 0) is 4.74 Å². The first-order chi connectivity index (χ1) is 13.4. The van der Waals surface area contributed by atoms with Crippen molar-refractivity contribution in [2.45, 2.75) is 39.9 Å². The zero-order valence-corrected chi connectivity index (χ0v) is 15.8. The van der Waals surface area contributed by atoms with Crippen molar-refractivity contribution in [3.8, 4) is 23.1 Å². The predicted molar refractivity (Wildman–Crippen MR) is 97.2 cm³/mol. The van der Waals surface area contributed by atoms with E-state index in [2.05, 4.69) is 43.8 Å². The Bertz CT molecular complexity index is 865. The molecule has 0 saturated heterocycles. The summed E-state index contributed by atoms with van der Waals surface area (Å²) in [6.07, 6.45) is 1.96. The molecule has 0 fully saturated rings. The molecule has 0 saturated carbocycles. The molecule has 10 heteroatoms. The summed E-state index contributed by atoms with van der Waals surface area (Å²) >= 11 is 0. The third-order valence-corrected chi connectivity index (χ3v) is 3.99. The molecular weight excluding hydrogens is 370 g/mol. The summed E-state index contributed by atoms with van der Waals surface area (Å²) in [6, 6.07) is 6.15. The second kappa shape index (κ2) is 8.87. The maximum absolute atomic E-state index is 12.4. The number of H-pyrrole nitrogens is 1. The van der Waals surface area contributed by atoms with Crippen LogP contribution in [0.25, 0.3) is 17.3 Å². The maximum atomic E-state index is 12.4. The Kier molecular flexibility index (Phi) is 6.30. The number of alkyl halides is 2. The van der Waals surface area contributed by atoms with Gasteiger partial charge < -0.3 is 9.47 Å². The van der Waals surface area contributed by atoms with E-state index in [0.29, 0.717) is 35.7 Å². The zero-order chi connectivity index (χ0) is 20.1. The molecule has 2 aromatic heterocycles. The van der Waals surface area contributed by atoms with Gasteiger partial charge in [-0.05, 0) is 43.5 Å². The molecule has 0 amide bonds. The minimum absolute atomic E-state index is 0.0668. The quantitative estimate of drug-likeness (QED) is 0.596. The van der Waals surface area contributed by atoms with E-state index >= 15 is 0 Å². The highest BCUT2D eigenvalue weighted by Crippen LogP contribution is 2.24. The van der Waals surface area contributed by atoms with Gasteiger partial charge in [0.1, 0.15) is 18.2 Å². The molecule has 2 heterocycles. The van der Waals surface area contributed by atoms with Crippen molar-refractivity contribution in [2.24, 2.45) is 5.92 Å². The number of hydrogen-bond donors (Lipinski definition) is 1. The summed E-state index contributed by atoms with van der Waals surface area (Å²) in [6.45, 7) is 3.85. The third kappa shape index (κ3) is 4.89. The van der Waals surface area contributed by atoms with Gasteiger partial charge in [0.2, 0.25) is 5.82 Å². The van der Waals surface area contributed by atoms with E-state index in [1.807, 2.05) is 6.92 Å². The van der Waals surface area contributed by atoms with Crippen molar-refractivity contribution >= 4 is 0 Å². The number of aromatic amines is 1. The number of hydrogen-bond acceptors (Lipinski definition) is 6. The lowest BCUT2D eigenvalue weighted by molar-refractivity contribution is -0.0498. The van der Waals surface area contributed by atoms with E-state index in [1.165, 1.54) is 18.5 Å². The molecule has 28 heavy (non-hydrogen) atoms. The van der Waals surface area contributed by atoms with Crippen LogP contribution in [0.4, 0.5) is 8.78 Å². The first kappa shape index (κ1) is 19.9. The molecule has 0 spiro atoms. The molecule has 0 bridgehead atoms. The van der Waals surface area contributed by atoms with Gasteiger partial charge in [-0.25, -0.2) is 14.6 Å². The number of aromatic nitrogens is 6. The van der Waals surface area contributed by atoms with E-state index in [4.69, 9.17) is 4.74 Å². The Morgan fingerprint density at radius 1 is 1.14 bits per heavy atom. The van der Waals surface area contributed by atoms with Crippen LogP contribution < -0.4 is 4.74 Å². The second-order valence-corrected chi connectivity index (χ2v) is 6.61. The highest BCUT2D eigenvalue weighted by molar-refractivity contribution is 5.44. The largest absolute Gasteiger partial charge is 0.435 e. The maximum Gasteiger partial charge on any atom is 0.387 e. The Morgan fingerprint density at radius 3 is 2.50 bits per heavy atom. The van der Waals surface area contributed by atoms with Crippen LogP contribution in [0.5, 0.6) is 5.75 Å². The molecule has 8 nitrogen and oxygen atoms in total. The highest BCUT2D eigenvalue weighted by atomic mass is 19.3. The predicted octanol–water partition coefficient (Wildman–Crippen LogP) is 3.78. The molecule has 150 valence electrons. The summed E-state index contributed by atoms with van der Waals surface area (Å²) in [5.41, 5.74) is 0.634. The number of halogens is 2. The van der Waals surface area contributed by atoms with Crippen molar-refractivity contribution < 1.29 is 18.3 Å². The van der Waals surface area contributed by atoms with Crippen molar-refractivity contribution in [1.82, 2.24) is 29.9 Å². The first-order valence-corrected chi connectivity index (χ1v) is 8.93. The van der Waals surface area contributed by atoms with Crippen molar-refractivity contribution in [3.63, 3.8) is 0 Å². The Hall–Kier alpha value is -2.88. The van der Waals surface area contributed by atoms with Gasteiger partial charge in [-0.3, -0.25) is 5.10 Å². The lowest BCUT2D eigenvalue weighted by atomic mass is 10.1. The standard InChI is InChI=1S/C18H22F2N6O2/c1-11(2)8-9-27-12(3)17-23-16(15-21-10-22-24-15)25-26(17)13-4-6-14(7-5-13)28-18(19)20/h4-7,10-12,18H,8-9H2,1-3H3,(H,21,22,24). The monoisotopic (exact) mass is 392 g/mol. The fourth-order valence-electron chi connectivity index (χ4n) is 2.51. The fourth-order valence-corrected chi connectivity index (χ4v) is 2.51. The Morgan fingerprint density at radius 2 is 1.89 bits per heavy atom. The molecular formula is C18H22F2N6O2. The van der Waals surface area contributed by atoms with E-state index in [9.17, 15) is 8.78 Å². The van der Waals surface area contributed by atoms with E-state index in [-0.39, 0.29) is 11.9 Å². The van der Waals surface area contributed by atoms with Gasteiger partial charge in [-0.1, -0.05) is 13.8 Å². The molecule has 1 N–H and O–H groups in total. The molecule has 0 aliphatic rings. The van der Waals surface area contributed by atoms with Crippen LogP contribution in [0.3, 0.4) is 0 Å². The second-order valence-electron chi connectivity index (χ2n) is 6.61. The molecule has 0 radical (unpaired) electrons. The topological polar surface area (TPSA) is 90.7 Å². The van der Waals surface area contributed by atoms with Crippen molar-refractivity contribution in [1.29, 1.82) is 0 Å². The van der Waals surface area contributed by atoms with Gasteiger partial charge in [0.05, 0.1) is 5.69 Å². The van der Waals surface area contributed by atoms with Gasteiger partial charge in [-0.2, -0.15) is 13.9 Å². The summed E-state index contributed by atoms with van der Waals surface area (Å²) in [5.74, 6) is 1.94. The smallest absolute Gasteiger partial charge is 0.387 e. The van der Waals surface area contributed by atoms with Crippen LogP contribution in [-0.4, -0.2) is 43.2 Å². The highest BCUT2D eigenvalue weighted by Gasteiger charge is 2.20. The number of benzene rings is 1. The average molecular weight is 392 g/mol. The SMILES string of the molecule is CC(C)CCOC(C)c1nc(-c2ncn[nH]2)nn1-c1ccc(OC(F)F)cc1. The normalized spacial score (nSPS) is 12.7.